The Morgan fingerprint density at radius 3 is 2.50 bits per heavy atom. The Morgan fingerprint density at radius 1 is 1.50 bits per heavy atom. The third-order valence-corrected chi connectivity index (χ3v) is 1.99. The van der Waals surface area contributed by atoms with E-state index in [9.17, 15) is 32.1 Å². The molecule has 0 fully saturated rings. The number of nitro groups is 1. The summed E-state index contributed by atoms with van der Waals surface area (Å²) >= 11 is 0. The number of pyridine rings is 1. The predicted molar refractivity (Wildman–Crippen MR) is 51.8 cm³/mol. The molecule has 0 radical (unpaired) electrons. The minimum atomic E-state index is -5.42. The lowest BCUT2D eigenvalue weighted by molar-refractivity contribution is -0.389. The lowest BCUT2D eigenvalue weighted by atomic mass is 10.1. The largest absolute Gasteiger partial charge is 0.573 e. The van der Waals surface area contributed by atoms with Crippen LogP contribution < -0.4 is 4.74 Å². The molecule has 11 heteroatoms. The zero-order valence-electron chi connectivity index (χ0n) is 9.32. The van der Waals surface area contributed by atoms with E-state index < -0.39 is 46.8 Å². The molecule has 0 unspecified atom stereocenters. The highest BCUT2D eigenvalue weighted by atomic mass is 19.4. The van der Waals surface area contributed by atoms with Gasteiger partial charge in [0.2, 0.25) is 5.75 Å². The van der Waals surface area contributed by atoms with E-state index in [0.717, 1.165) is 0 Å². The minimum absolute atomic E-state index is 0.548. The molecule has 20 heavy (non-hydrogen) atoms. The topological polar surface area (TPSA) is 89.0 Å². The van der Waals surface area contributed by atoms with Crippen molar-refractivity contribution in [2.75, 3.05) is 0 Å². The summed E-state index contributed by atoms with van der Waals surface area (Å²) in [5.74, 6) is -1.70. The van der Waals surface area contributed by atoms with Crippen LogP contribution in [0.15, 0.2) is 6.20 Å². The maximum Gasteiger partial charge on any atom is 0.573 e. The Bertz CT molecular complexity index is 567. The maximum absolute atomic E-state index is 12.6. The van der Waals surface area contributed by atoms with Gasteiger partial charge in [0.15, 0.2) is 5.69 Å². The van der Waals surface area contributed by atoms with E-state index in [2.05, 4.69) is 9.72 Å². The van der Waals surface area contributed by atoms with Gasteiger partial charge in [-0.05, 0) is 0 Å². The van der Waals surface area contributed by atoms with Crippen molar-refractivity contribution >= 4 is 5.69 Å². The lowest BCUT2D eigenvalue weighted by Crippen LogP contribution is -2.20. The molecule has 0 aliphatic rings. The smallest absolute Gasteiger partial charge is 0.396 e. The molecule has 1 heterocycles. The van der Waals surface area contributed by atoms with Crippen LogP contribution in [0.2, 0.25) is 0 Å². The van der Waals surface area contributed by atoms with Crippen molar-refractivity contribution in [3.05, 3.63) is 27.6 Å². The molecule has 1 rings (SSSR count). The molecule has 1 aromatic rings. The fourth-order valence-electron chi connectivity index (χ4n) is 1.32. The van der Waals surface area contributed by atoms with Crippen molar-refractivity contribution in [1.29, 1.82) is 5.26 Å². The molecule has 0 spiro atoms. The molecule has 6 nitrogen and oxygen atoms in total. The van der Waals surface area contributed by atoms with Gasteiger partial charge in [-0.3, -0.25) is 15.1 Å². The zero-order valence-corrected chi connectivity index (χ0v) is 9.32. The first-order valence-electron chi connectivity index (χ1n) is 4.74. The van der Waals surface area contributed by atoms with Gasteiger partial charge in [0.25, 0.3) is 6.43 Å². The van der Waals surface area contributed by atoms with Crippen LogP contribution in [-0.4, -0.2) is 16.3 Å². The summed E-state index contributed by atoms with van der Waals surface area (Å²) in [7, 11) is 0. The first-order chi connectivity index (χ1) is 9.17. The highest BCUT2D eigenvalue weighted by molar-refractivity contribution is 5.55. The number of hydrogen-bond donors (Lipinski definition) is 0. The average Bonchev–Trinajstić information content (AvgIpc) is 2.26. The van der Waals surface area contributed by atoms with Gasteiger partial charge in [-0.15, -0.1) is 13.2 Å². The van der Waals surface area contributed by atoms with Gasteiger partial charge in [0.1, 0.15) is 0 Å². The van der Waals surface area contributed by atoms with E-state index in [1.165, 1.54) is 6.07 Å². The molecule has 0 atom stereocenters. The van der Waals surface area contributed by atoms with Gasteiger partial charge in [0, 0.05) is 6.20 Å². The number of halogens is 5. The Kier molecular flexibility index (Phi) is 4.38. The molecule has 0 aliphatic carbocycles. The summed E-state index contributed by atoms with van der Waals surface area (Å²) in [6.45, 7) is 0. The van der Waals surface area contributed by atoms with Gasteiger partial charge >= 0.3 is 12.0 Å². The van der Waals surface area contributed by atoms with E-state index >= 15 is 0 Å². The number of hydrogen-bond acceptors (Lipinski definition) is 5. The van der Waals surface area contributed by atoms with Crippen molar-refractivity contribution in [3.63, 3.8) is 0 Å². The molecule has 1 aromatic heterocycles. The van der Waals surface area contributed by atoms with Gasteiger partial charge < -0.3 is 4.74 Å². The standard InChI is InChI=1S/C9H4F5N3O3/c10-8(11)5-7(20-9(12,13)14)6(17(18)19)4(1-2-15)3-16-5/h3,8H,1H2. The first kappa shape index (κ1) is 15.5. The molecule has 0 saturated carbocycles. The molecular weight excluding hydrogens is 293 g/mol. The Hall–Kier alpha value is -2.51. The summed E-state index contributed by atoms with van der Waals surface area (Å²) in [4.78, 5) is 12.4. The number of nitrogens with zero attached hydrogens (tertiary/aromatic N) is 3. The summed E-state index contributed by atoms with van der Waals surface area (Å²) in [5, 5.41) is 19.2. The molecule has 0 bridgehead atoms. The fourth-order valence-corrected chi connectivity index (χ4v) is 1.32. The number of rotatable bonds is 4. The Labute approximate surface area is 107 Å². The maximum atomic E-state index is 12.6. The molecule has 0 N–H and O–H groups in total. The molecular formula is C9H4F5N3O3. The number of nitriles is 1. The van der Waals surface area contributed by atoms with E-state index in [1.807, 2.05) is 0 Å². The number of aromatic nitrogens is 1. The van der Waals surface area contributed by atoms with Crippen LogP contribution in [-0.2, 0) is 6.42 Å². The second-order valence-corrected chi connectivity index (χ2v) is 3.29. The van der Waals surface area contributed by atoms with Crippen LogP contribution in [0.25, 0.3) is 0 Å². The van der Waals surface area contributed by atoms with Gasteiger partial charge in [0.05, 0.1) is 23.0 Å². The summed E-state index contributed by atoms with van der Waals surface area (Å²) in [6.07, 6.45) is -9.06. The number of alkyl halides is 5. The van der Waals surface area contributed by atoms with Crippen molar-refractivity contribution < 1.29 is 31.6 Å². The van der Waals surface area contributed by atoms with Gasteiger partial charge in [-0.25, -0.2) is 8.78 Å². The second kappa shape index (κ2) is 5.64. The molecule has 0 aromatic carbocycles. The highest BCUT2D eigenvalue weighted by Crippen LogP contribution is 2.40. The normalized spacial score (nSPS) is 11.2. The Morgan fingerprint density at radius 2 is 2.10 bits per heavy atom. The summed E-state index contributed by atoms with van der Waals surface area (Å²) in [5.41, 5.74) is -3.42. The molecule has 0 amide bonds. The monoisotopic (exact) mass is 297 g/mol. The molecule has 108 valence electrons. The summed E-state index contributed by atoms with van der Waals surface area (Å²) < 4.78 is 64.9. The van der Waals surface area contributed by atoms with E-state index in [0.29, 0.717) is 6.20 Å². The van der Waals surface area contributed by atoms with E-state index in [1.54, 1.807) is 0 Å². The van der Waals surface area contributed by atoms with Crippen molar-refractivity contribution in [1.82, 2.24) is 4.98 Å². The minimum Gasteiger partial charge on any atom is -0.396 e. The first-order valence-corrected chi connectivity index (χ1v) is 4.74. The van der Waals surface area contributed by atoms with Crippen LogP contribution in [0.1, 0.15) is 17.7 Å². The zero-order chi connectivity index (χ0) is 15.5. The van der Waals surface area contributed by atoms with Crippen LogP contribution in [0, 0.1) is 21.4 Å². The quantitative estimate of drug-likeness (QED) is 0.484. The lowest BCUT2D eigenvalue weighted by Gasteiger charge is -2.13. The van der Waals surface area contributed by atoms with Crippen molar-refractivity contribution in [3.8, 4) is 11.8 Å². The van der Waals surface area contributed by atoms with Crippen molar-refractivity contribution in [2.45, 2.75) is 19.2 Å². The van der Waals surface area contributed by atoms with E-state index in [-0.39, 0.29) is 0 Å². The molecule has 0 aliphatic heterocycles. The van der Waals surface area contributed by atoms with Crippen LogP contribution in [0.5, 0.6) is 5.75 Å². The SMILES string of the molecule is N#CCc1cnc(C(F)F)c(OC(F)(F)F)c1[N+](=O)[O-]. The average molecular weight is 297 g/mol. The van der Waals surface area contributed by atoms with Crippen LogP contribution >= 0.6 is 0 Å². The van der Waals surface area contributed by atoms with Crippen molar-refractivity contribution in [2.24, 2.45) is 0 Å². The highest BCUT2D eigenvalue weighted by Gasteiger charge is 2.39. The fraction of sp³-hybridized carbons (Fsp3) is 0.333. The Balaban J connectivity index is 3.57. The number of ether oxygens (including phenoxy) is 1. The van der Waals surface area contributed by atoms with Crippen LogP contribution in [0.3, 0.4) is 0 Å². The summed E-state index contributed by atoms with van der Waals surface area (Å²) in [6, 6.07) is 1.45. The third-order valence-electron chi connectivity index (χ3n) is 1.99. The second-order valence-electron chi connectivity index (χ2n) is 3.29. The molecule has 0 saturated heterocycles. The predicted octanol–water partition coefficient (Wildman–Crippen LogP) is 2.89. The third kappa shape index (κ3) is 3.50. The van der Waals surface area contributed by atoms with E-state index in [4.69, 9.17) is 5.26 Å². The van der Waals surface area contributed by atoms with Gasteiger partial charge in [-0.1, -0.05) is 0 Å². The van der Waals surface area contributed by atoms with Crippen LogP contribution in [0.4, 0.5) is 27.6 Å². The van der Waals surface area contributed by atoms with Gasteiger partial charge in [-0.2, -0.15) is 5.26 Å².